The first-order valence-corrected chi connectivity index (χ1v) is 7.76. The molecule has 23 heavy (non-hydrogen) atoms. The second kappa shape index (κ2) is 7.19. The molecule has 3 rings (SSSR count). The van der Waals surface area contributed by atoms with E-state index in [0.717, 1.165) is 51.5 Å². The molecule has 1 fully saturated rings. The van der Waals surface area contributed by atoms with Crippen molar-refractivity contribution in [2.75, 3.05) is 37.6 Å². The fourth-order valence-electron chi connectivity index (χ4n) is 2.77. The van der Waals surface area contributed by atoms with Crippen LogP contribution in [0.2, 0.25) is 0 Å². The molecular weight excluding hydrogens is 296 g/mol. The van der Waals surface area contributed by atoms with Gasteiger partial charge in [0.2, 0.25) is 0 Å². The predicted octanol–water partition coefficient (Wildman–Crippen LogP) is 1.40. The highest BCUT2D eigenvalue weighted by Gasteiger charge is 2.18. The lowest BCUT2D eigenvalue weighted by Gasteiger charge is -2.35. The van der Waals surface area contributed by atoms with Crippen LogP contribution < -0.4 is 4.90 Å². The maximum atomic E-state index is 10.7. The van der Waals surface area contributed by atoms with Gasteiger partial charge in [0, 0.05) is 51.2 Å². The quantitative estimate of drug-likeness (QED) is 0.592. The Labute approximate surface area is 134 Å². The van der Waals surface area contributed by atoms with E-state index in [-0.39, 0.29) is 5.69 Å². The van der Waals surface area contributed by atoms with Gasteiger partial charge in [0.15, 0.2) is 0 Å². The predicted molar refractivity (Wildman–Crippen MR) is 86.4 cm³/mol. The largest absolute Gasteiger partial charge is 0.354 e. The number of anilines is 1. The minimum absolute atomic E-state index is 0.0342. The van der Waals surface area contributed by atoms with Crippen LogP contribution in [0.3, 0.4) is 0 Å². The number of nitrogens with zero attached hydrogens (tertiary/aromatic N) is 6. The summed E-state index contributed by atoms with van der Waals surface area (Å²) in [7, 11) is 0. The number of piperazine rings is 1. The van der Waals surface area contributed by atoms with E-state index >= 15 is 0 Å². The third-order valence-electron chi connectivity index (χ3n) is 4.09. The van der Waals surface area contributed by atoms with Crippen molar-refractivity contribution in [2.45, 2.75) is 13.0 Å². The first-order valence-electron chi connectivity index (χ1n) is 7.76. The summed E-state index contributed by atoms with van der Waals surface area (Å²) < 4.78 is 2.09. The highest BCUT2D eigenvalue weighted by molar-refractivity contribution is 5.43. The Morgan fingerprint density at radius 3 is 2.61 bits per heavy atom. The highest BCUT2D eigenvalue weighted by atomic mass is 16.6. The highest BCUT2D eigenvalue weighted by Crippen LogP contribution is 2.17. The van der Waals surface area contributed by atoms with Crippen LogP contribution >= 0.6 is 0 Å². The van der Waals surface area contributed by atoms with Crippen molar-refractivity contribution in [2.24, 2.45) is 0 Å². The second-order valence-corrected chi connectivity index (χ2v) is 5.61. The van der Waals surface area contributed by atoms with Gasteiger partial charge in [0.25, 0.3) is 5.69 Å². The number of aromatic nitrogens is 3. The van der Waals surface area contributed by atoms with Crippen LogP contribution in [0.25, 0.3) is 0 Å². The zero-order chi connectivity index (χ0) is 16.1. The monoisotopic (exact) mass is 316 g/mol. The second-order valence-electron chi connectivity index (χ2n) is 5.61. The Bertz CT molecular complexity index is 620. The Hall–Kier alpha value is -2.48. The molecular formula is C15H20N6O2. The molecule has 122 valence electrons. The summed E-state index contributed by atoms with van der Waals surface area (Å²) in [5.74, 6) is 0.814. The number of hydrogen-bond donors (Lipinski definition) is 0. The number of imidazole rings is 1. The molecule has 0 bridgehead atoms. The van der Waals surface area contributed by atoms with E-state index in [9.17, 15) is 10.1 Å². The molecule has 2 aromatic rings. The summed E-state index contributed by atoms with van der Waals surface area (Å²) in [6.07, 6.45) is 8.06. The number of rotatable bonds is 6. The number of aryl methyl sites for hydroxylation is 1. The van der Waals surface area contributed by atoms with Gasteiger partial charge in [-0.3, -0.25) is 15.0 Å². The number of pyridine rings is 1. The van der Waals surface area contributed by atoms with Crippen LogP contribution in [-0.4, -0.2) is 57.1 Å². The van der Waals surface area contributed by atoms with Crippen molar-refractivity contribution < 1.29 is 4.92 Å². The summed E-state index contributed by atoms with van der Waals surface area (Å²) in [6, 6.07) is 3.24. The van der Waals surface area contributed by atoms with Gasteiger partial charge in [-0.2, -0.15) is 0 Å². The van der Waals surface area contributed by atoms with Crippen molar-refractivity contribution in [1.29, 1.82) is 0 Å². The molecule has 0 atom stereocenters. The summed E-state index contributed by atoms with van der Waals surface area (Å²) in [6.45, 7) is 5.83. The van der Waals surface area contributed by atoms with Gasteiger partial charge < -0.3 is 9.47 Å². The van der Waals surface area contributed by atoms with Crippen molar-refractivity contribution in [3.8, 4) is 0 Å². The van der Waals surface area contributed by atoms with Gasteiger partial charge >= 0.3 is 0 Å². The summed E-state index contributed by atoms with van der Waals surface area (Å²) in [5.41, 5.74) is 0.0342. The molecule has 0 N–H and O–H groups in total. The molecule has 1 saturated heterocycles. The molecule has 3 heterocycles. The first kappa shape index (κ1) is 15.4. The molecule has 8 nitrogen and oxygen atoms in total. The topological polar surface area (TPSA) is 80.3 Å². The lowest BCUT2D eigenvalue weighted by atomic mass is 10.2. The summed E-state index contributed by atoms with van der Waals surface area (Å²) in [4.78, 5) is 23.1. The van der Waals surface area contributed by atoms with Gasteiger partial charge in [0.1, 0.15) is 12.0 Å². The van der Waals surface area contributed by atoms with Crippen LogP contribution in [0.1, 0.15) is 6.42 Å². The zero-order valence-electron chi connectivity index (χ0n) is 12.9. The molecule has 0 spiro atoms. The molecule has 0 amide bonds. The van der Waals surface area contributed by atoms with Gasteiger partial charge in [-0.15, -0.1) is 0 Å². The van der Waals surface area contributed by atoms with Gasteiger partial charge in [-0.05, 0) is 19.0 Å². The van der Waals surface area contributed by atoms with Crippen LogP contribution in [0.5, 0.6) is 0 Å². The summed E-state index contributed by atoms with van der Waals surface area (Å²) in [5, 5.41) is 10.7. The van der Waals surface area contributed by atoms with Crippen molar-refractivity contribution >= 4 is 11.5 Å². The fraction of sp³-hybridized carbons (Fsp3) is 0.467. The van der Waals surface area contributed by atoms with Crippen molar-refractivity contribution in [3.05, 3.63) is 47.2 Å². The van der Waals surface area contributed by atoms with Crippen molar-refractivity contribution in [1.82, 2.24) is 19.4 Å². The van der Waals surface area contributed by atoms with E-state index in [1.165, 1.54) is 12.3 Å². The third-order valence-corrected chi connectivity index (χ3v) is 4.09. The average Bonchev–Trinajstić information content (AvgIpc) is 3.09. The zero-order valence-corrected chi connectivity index (χ0v) is 12.9. The molecule has 1 aliphatic heterocycles. The van der Waals surface area contributed by atoms with Gasteiger partial charge in [0.05, 0.1) is 11.3 Å². The third kappa shape index (κ3) is 4.04. The Morgan fingerprint density at radius 1 is 1.17 bits per heavy atom. The fourth-order valence-corrected chi connectivity index (χ4v) is 2.77. The Morgan fingerprint density at radius 2 is 2.00 bits per heavy atom. The molecule has 1 aliphatic rings. The van der Waals surface area contributed by atoms with Gasteiger partial charge in [-0.25, -0.2) is 9.97 Å². The van der Waals surface area contributed by atoms with Crippen LogP contribution in [0.15, 0.2) is 37.1 Å². The minimum Gasteiger partial charge on any atom is -0.354 e. The first-order chi connectivity index (χ1) is 11.2. The molecule has 0 aromatic carbocycles. The molecule has 8 heteroatoms. The van der Waals surface area contributed by atoms with E-state index in [1.54, 1.807) is 12.3 Å². The SMILES string of the molecule is O=[N+]([O-])c1ccc(N2CCN(CCCn3ccnc3)CC2)nc1. The maximum Gasteiger partial charge on any atom is 0.287 e. The van der Waals surface area contributed by atoms with E-state index in [1.807, 2.05) is 12.5 Å². The lowest BCUT2D eigenvalue weighted by molar-refractivity contribution is -0.385. The normalized spacial score (nSPS) is 15.7. The van der Waals surface area contributed by atoms with E-state index < -0.39 is 4.92 Å². The van der Waals surface area contributed by atoms with E-state index in [0.29, 0.717) is 0 Å². The standard InChI is InChI=1S/C15H20N6O2/c22-21(23)14-2-3-15(17-12-14)20-10-8-18(9-11-20)5-1-6-19-7-4-16-13-19/h2-4,7,12-13H,1,5-6,8-11H2. The summed E-state index contributed by atoms with van der Waals surface area (Å²) >= 11 is 0. The molecule has 0 saturated carbocycles. The molecule has 2 aromatic heterocycles. The van der Waals surface area contributed by atoms with E-state index in [2.05, 4.69) is 24.3 Å². The smallest absolute Gasteiger partial charge is 0.287 e. The average molecular weight is 316 g/mol. The van der Waals surface area contributed by atoms with Crippen LogP contribution in [0, 0.1) is 10.1 Å². The lowest BCUT2D eigenvalue weighted by Crippen LogP contribution is -2.47. The molecule has 0 unspecified atom stereocenters. The Kier molecular flexibility index (Phi) is 4.82. The Balaban J connectivity index is 1.43. The van der Waals surface area contributed by atoms with Crippen molar-refractivity contribution in [3.63, 3.8) is 0 Å². The minimum atomic E-state index is -0.422. The van der Waals surface area contributed by atoms with Crippen LogP contribution in [0.4, 0.5) is 11.5 Å². The molecule has 0 radical (unpaired) electrons. The number of hydrogen-bond acceptors (Lipinski definition) is 6. The van der Waals surface area contributed by atoms with E-state index in [4.69, 9.17) is 0 Å². The van der Waals surface area contributed by atoms with Crippen LogP contribution in [-0.2, 0) is 6.54 Å². The maximum absolute atomic E-state index is 10.7. The number of nitro groups is 1. The molecule has 0 aliphatic carbocycles. The van der Waals surface area contributed by atoms with Gasteiger partial charge in [-0.1, -0.05) is 0 Å².